The fraction of sp³-hybridized carbons (Fsp3) is 0.786. The van der Waals surface area contributed by atoms with E-state index < -0.39 is 18.2 Å². The fourth-order valence-electron chi connectivity index (χ4n) is 2.77. The summed E-state index contributed by atoms with van der Waals surface area (Å²) in [6, 6.07) is 0. The lowest BCUT2D eigenvalue weighted by Crippen LogP contribution is -2.27. The second-order valence-corrected chi connectivity index (χ2v) is 6.58. The Labute approximate surface area is 121 Å². The van der Waals surface area contributed by atoms with Crippen LogP contribution < -0.4 is 0 Å². The van der Waals surface area contributed by atoms with Gasteiger partial charge in [-0.25, -0.2) is 4.98 Å². The fourth-order valence-corrected chi connectivity index (χ4v) is 4.07. The highest BCUT2D eigenvalue weighted by Crippen LogP contribution is 2.44. The zero-order valence-corrected chi connectivity index (χ0v) is 12.5. The largest absolute Gasteiger partial charge is 0.391 e. The molecule has 0 bridgehead atoms. The number of aliphatic hydroxyl groups excluding tert-OH is 1. The molecule has 1 aromatic heterocycles. The highest BCUT2D eigenvalue weighted by atomic mass is 32.1. The molecule has 1 fully saturated rings. The second kappa shape index (κ2) is 6.02. The van der Waals surface area contributed by atoms with Gasteiger partial charge in [-0.2, -0.15) is 13.2 Å². The van der Waals surface area contributed by atoms with Crippen molar-refractivity contribution in [3.8, 4) is 0 Å². The first-order valence-corrected chi connectivity index (χ1v) is 7.86. The molecule has 2 nitrogen and oxygen atoms in total. The van der Waals surface area contributed by atoms with Crippen LogP contribution in [-0.2, 0) is 0 Å². The normalized spacial score (nSPS) is 25.7. The standard InChI is InChI=1S/C14H20F3NOS/c1-3-11(19)12-8(2)18-13(20-12)9-4-6-10(7-5-9)14(15,16)17/h9-11,19H,3-7H2,1-2H3. The van der Waals surface area contributed by atoms with Gasteiger partial charge < -0.3 is 5.11 Å². The lowest BCUT2D eigenvalue weighted by molar-refractivity contribution is -0.182. The number of aliphatic hydroxyl groups is 1. The number of aryl methyl sites for hydroxylation is 1. The molecule has 0 aromatic carbocycles. The van der Waals surface area contributed by atoms with E-state index in [4.69, 9.17) is 0 Å². The van der Waals surface area contributed by atoms with Crippen LogP contribution in [0.25, 0.3) is 0 Å². The average Bonchev–Trinajstić information content (AvgIpc) is 2.79. The van der Waals surface area contributed by atoms with Crippen molar-refractivity contribution < 1.29 is 18.3 Å². The van der Waals surface area contributed by atoms with E-state index in [9.17, 15) is 18.3 Å². The Balaban J connectivity index is 2.04. The zero-order chi connectivity index (χ0) is 14.9. The summed E-state index contributed by atoms with van der Waals surface area (Å²) >= 11 is 1.47. The van der Waals surface area contributed by atoms with Crippen molar-refractivity contribution in [3.05, 3.63) is 15.6 Å². The molecule has 114 valence electrons. The maximum atomic E-state index is 12.6. The van der Waals surface area contributed by atoms with Gasteiger partial charge in [0.1, 0.15) is 0 Å². The van der Waals surface area contributed by atoms with Crippen molar-refractivity contribution >= 4 is 11.3 Å². The van der Waals surface area contributed by atoms with Gasteiger partial charge in [0.15, 0.2) is 0 Å². The number of halogens is 3. The summed E-state index contributed by atoms with van der Waals surface area (Å²) in [5.74, 6) is -1.03. The van der Waals surface area contributed by atoms with Crippen LogP contribution in [0.2, 0.25) is 0 Å². The summed E-state index contributed by atoms with van der Waals surface area (Å²) in [5.41, 5.74) is 0.817. The molecule has 1 N–H and O–H groups in total. The average molecular weight is 307 g/mol. The predicted octanol–water partition coefficient (Wildman–Crippen LogP) is 4.73. The van der Waals surface area contributed by atoms with Gasteiger partial charge in [-0.1, -0.05) is 6.92 Å². The summed E-state index contributed by atoms with van der Waals surface area (Å²) in [6.07, 6.45) is -2.47. The molecule has 6 heteroatoms. The molecular formula is C14H20F3NOS. The molecule has 1 saturated carbocycles. The molecule has 0 radical (unpaired) electrons. The lowest BCUT2D eigenvalue weighted by atomic mass is 9.82. The number of alkyl halides is 3. The highest BCUT2D eigenvalue weighted by molar-refractivity contribution is 7.11. The van der Waals surface area contributed by atoms with E-state index in [1.165, 1.54) is 11.3 Å². The second-order valence-electron chi connectivity index (χ2n) is 5.52. The number of thiazole rings is 1. The molecule has 0 amide bonds. The molecular weight excluding hydrogens is 287 g/mol. The molecule has 0 aliphatic heterocycles. The maximum Gasteiger partial charge on any atom is 0.391 e. The van der Waals surface area contributed by atoms with E-state index >= 15 is 0 Å². The Morgan fingerprint density at radius 3 is 2.40 bits per heavy atom. The zero-order valence-electron chi connectivity index (χ0n) is 11.7. The van der Waals surface area contributed by atoms with Crippen LogP contribution in [0.3, 0.4) is 0 Å². The van der Waals surface area contributed by atoms with E-state index in [0.717, 1.165) is 15.6 Å². The summed E-state index contributed by atoms with van der Waals surface area (Å²) < 4.78 is 37.9. The Kier molecular flexibility index (Phi) is 4.74. The first-order valence-electron chi connectivity index (χ1n) is 7.04. The quantitative estimate of drug-likeness (QED) is 0.875. The molecule has 1 heterocycles. The van der Waals surface area contributed by atoms with E-state index in [1.807, 2.05) is 13.8 Å². The van der Waals surface area contributed by atoms with Crippen LogP contribution >= 0.6 is 11.3 Å². The SMILES string of the molecule is CCC(O)c1sc(C2CCC(C(F)(F)F)CC2)nc1C. The number of nitrogens with zero attached hydrogens (tertiary/aromatic N) is 1. The Bertz CT molecular complexity index is 450. The summed E-state index contributed by atoms with van der Waals surface area (Å²) in [7, 11) is 0. The van der Waals surface area contributed by atoms with E-state index in [1.54, 1.807) is 0 Å². The molecule has 1 aliphatic carbocycles. The van der Waals surface area contributed by atoms with Crippen molar-refractivity contribution in [1.29, 1.82) is 0 Å². The number of aromatic nitrogens is 1. The van der Waals surface area contributed by atoms with Gasteiger partial charge in [-0.3, -0.25) is 0 Å². The predicted molar refractivity (Wildman–Crippen MR) is 72.9 cm³/mol. The van der Waals surface area contributed by atoms with Gasteiger partial charge >= 0.3 is 6.18 Å². The topological polar surface area (TPSA) is 33.1 Å². The van der Waals surface area contributed by atoms with Crippen molar-refractivity contribution in [2.75, 3.05) is 0 Å². The van der Waals surface area contributed by atoms with Gasteiger partial charge in [0.05, 0.1) is 27.6 Å². The van der Waals surface area contributed by atoms with Crippen LogP contribution in [0.4, 0.5) is 13.2 Å². The molecule has 1 atom stereocenters. The van der Waals surface area contributed by atoms with Gasteiger partial charge in [0, 0.05) is 5.92 Å². The van der Waals surface area contributed by atoms with E-state index in [0.29, 0.717) is 19.3 Å². The molecule has 2 rings (SSSR count). The van der Waals surface area contributed by atoms with Crippen LogP contribution in [0, 0.1) is 12.8 Å². The van der Waals surface area contributed by atoms with Crippen LogP contribution in [0.15, 0.2) is 0 Å². The van der Waals surface area contributed by atoms with Crippen LogP contribution in [0.5, 0.6) is 0 Å². The number of rotatable bonds is 3. The van der Waals surface area contributed by atoms with Gasteiger partial charge in [-0.05, 0) is 39.0 Å². The molecule has 1 aromatic rings. The van der Waals surface area contributed by atoms with E-state index in [2.05, 4.69) is 4.98 Å². The number of hydrogen-bond donors (Lipinski definition) is 1. The molecule has 1 unspecified atom stereocenters. The summed E-state index contributed by atoms with van der Waals surface area (Å²) in [5, 5.41) is 10.8. The first kappa shape index (κ1) is 15.8. The Morgan fingerprint density at radius 1 is 1.30 bits per heavy atom. The summed E-state index contributed by atoms with van der Waals surface area (Å²) in [6.45, 7) is 3.76. The van der Waals surface area contributed by atoms with E-state index in [-0.39, 0.29) is 18.8 Å². The van der Waals surface area contributed by atoms with Gasteiger partial charge in [-0.15, -0.1) is 11.3 Å². The third-order valence-corrected chi connectivity index (χ3v) is 5.50. The van der Waals surface area contributed by atoms with Crippen molar-refractivity contribution in [3.63, 3.8) is 0 Å². The van der Waals surface area contributed by atoms with Crippen LogP contribution in [0.1, 0.15) is 66.6 Å². The maximum absolute atomic E-state index is 12.6. The summed E-state index contributed by atoms with van der Waals surface area (Å²) in [4.78, 5) is 5.33. The van der Waals surface area contributed by atoms with Crippen molar-refractivity contribution in [1.82, 2.24) is 4.98 Å². The minimum absolute atomic E-state index is 0.120. The lowest BCUT2D eigenvalue weighted by Gasteiger charge is -2.28. The van der Waals surface area contributed by atoms with Crippen molar-refractivity contribution in [2.24, 2.45) is 5.92 Å². The minimum Gasteiger partial charge on any atom is -0.388 e. The smallest absolute Gasteiger partial charge is 0.388 e. The third kappa shape index (κ3) is 3.34. The van der Waals surface area contributed by atoms with Crippen LogP contribution in [-0.4, -0.2) is 16.3 Å². The minimum atomic E-state index is -4.06. The molecule has 20 heavy (non-hydrogen) atoms. The Hall–Kier alpha value is -0.620. The monoisotopic (exact) mass is 307 g/mol. The number of hydrogen-bond acceptors (Lipinski definition) is 3. The van der Waals surface area contributed by atoms with Gasteiger partial charge in [0.2, 0.25) is 0 Å². The first-order chi connectivity index (χ1) is 9.32. The highest BCUT2D eigenvalue weighted by Gasteiger charge is 2.42. The van der Waals surface area contributed by atoms with Crippen molar-refractivity contribution in [2.45, 2.75) is 64.1 Å². The third-order valence-electron chi connectivity index (χ3n) is 4.08. The molecule has 0 spiro atoms. The van der Waals surface area contributed by atoms with Gasteiger partial charge in [0.25, 0.3) is 0 Å². The molecule has 0 saturated heterocycles. The Morgan fingerprint density at radius 2 is 1.90 bits per heavy atom. The molecule has 1 aliphatic rings.